The van der Waals surface area contributed by atoms with Crippen molar-refractivity contribution in [2.75, 3.05) is 19.8 Å². The third-order valence-electron chi connectivity index (χ3n) is 8.51. The minimum absolute atomic E-state index is 0. The number of aromatic nitrogens is 4. The highest BCUT2D eigenvalue weighted by molar-refractivity contribution is 7.13. The lowest BCUT2D eigenvalue weighted by Gasteiger charge is -2.13. The molecular formula is C43H45ClN6O7S2. The van der Waals surface area contributed by atoms with Crippen molar-refractivity contribution < 1.29 is 33.4 Å². The van der Waals surface area contributed by atoms with Crippen molar-refractivity contribution in [3.8, 4) is 11.5 Å². The van der Waals surface area contributed by atoms with Crippen LogP contribution in [-0.2, 0) is 40.0 Å². The van der Waals surface area contributed by atoms with Crippen LogP contribution < -0.4 is 20.5 Å². The van der Waals surface area contributed by atoms with Gasteiger partial charge < -0.3 is 25.3 Å². The third-order valence-corrected chi connectivity index (χ3v) is 10.5. The zero-order chi connectivity index (χ0) is 40.0. The molecule has 0 spiro atoms. The first-order valence-corrected chi connectivity index (χ1v) is 19.8. The van der Waals surface area contributed by atoms with Crippen LogP contribution in [0.4, 0.5) is 0 Å². The largest absolute Gasteiger partial charge is 0.490 e. The predicted octanol–water partition coefficient (Wildman–Crippen LogP) is 6.31. The summed E-state index contributed by atoms with van der Waals surface area (Å²) in [7, 11) is 0. The number of fused-ring (bicyclic) bond motifs is 2. The fourth-order valence-corrected chi connectivity index (χ4v) is 7.29. The number of hydrogen-bond donors (Lipinski definition) is 2. The Hall–Kier alpha value is -5.87. The Morgan fingerprint density at radius 2 is 1.24 bits per heavy atom. The molecule has 4 aromatic heterocycles. The highest BCUT2D eigenvalue weighted by Gasteiger charge is 2.28. The molecule has 0 fully saturated rings. The summed E-state index contributed by atoms with van der Waals surface area (Å²) in [4.78, 5) is 66.3. The van der Waals surface area contributed by atoms with E-state index in [-0.39, 0.29) is 69.3 Å². The number of carbonyl (C=O) groups is 4. The maximum absolute atomic E-state index is 12.5. The number of nitrogens with one attached hydrogen (secondary N) is 1. The van der Waals surface area contributed by atoms with Crippen molar-refractivity contribution >= 4 is 58.5 Å². The maximum Gasteiger partial charge on any atom is 0.367 e. The van der Waals surface area contributed by atoms with Crippen molar-refractivity contribution in [3.05, 3.63) is 152 Å². The Bertz CT molecular complexity index is 2290. The lowest BCUT2D eigenvalue weighted by atomic mass is 10.1. The van der Waals surface area contributed by atoms with E-state index >= 15 is 0 Å². The van der Waals surface area contributed by atoms with E-state index < -0.39 is 12.1 Å². The van der Waals surface area contributed by atoms with Gasteiger partial charge in [0.1, 0.15) is 30.8 Å². The highest BCUT2D eigenvalue weighted by atomic mass is 35.5. The van der Waals surface area contributed by atoms with Crippen LogP contribution in [0.15, 0.2) is 110 Å². The molecule has 0 unspecified atom stereocenters. The standard InChI is InChI=1S/C20H17N3O3S.C13H13NO2S.C9H10N2O2.CH4.ClH/c24-17-10-15-18(7-4-8-21-15)26-12-16(17)23-19(25)20-22-11-14(27-20)9-13-5-2-1-3-6-13;1-2-16-13(15)12-14-9-11(17-12)8-10-6-4-3-5-7-10;10-6-5-13-9-2-1-3-11-7(9)4-8(6)12;;/h1-8,11,16H,9-10,12H2,(H,23,25);3-7,9H,2,8H2,1H3;1-3,6H,4-5,10H2;1H4;1H/t16-;;6-;;/m0.0../s1. The normalized spacial score (nSPS) is 15.1. The molecule has 0 saturated carbocycles. The van der Waals surface area contributed by atoms with Crippen LogP contribution in [0.2, 0.25) is 0 Å². The molecule has 1 amide bonds. The van der Waals surface area contributed by atoms with Gasteiger partial charge in [-0.2, -0.15) is 0 Å². The van der Waals surface area contributed by atoms with Gasteiger partial charge in [0.25, 0.3) is 5.91 Å². The number of amides is 1. The smallest absolute Gasteiger partial charge is 0.367 e. The highest BCUT2D eigenvalue weighted by Crippen LogP contribution is 2.22. The van der Waals surface area contributed by atoms with Gasteiger partial charge in [0, 0.05) is 47.4 Å². The Morgan fingerprint density at radius 1 is 0.729 bits per heavy atom. The van der Waals surface area contributed by atoms with Gasteiger partial charge >= 0.3 is 5.97 Å². The molecule has 2 aliphatic rings. The van der Waals surface area contributed by atoms with E-state index in [0.717, 1.165) is 28.2 Å². The first-order chi connectivity index (χ1) is 27.7. The molecule has 2 aromatic carbocycles. The van der Waals surface area contributed by atoms with Gasteiger partial charge in [0.05, 0.1) is 36.9 Å². The molecule has 6 aromatic rings. The summed E-state index contributed by atoms with van der Waals surface area (Å²) in [6.07, 6.45) is 8.65. The summed E-state index contributed by atoms with van der Waals surface area (Å²) in [5, 5.41) is 3.51. The number of Topliss-reactive ketones (excluding diaryl/α,β-unsaturated/α-hetero) is 2. The summed E-state index contributed by atoms with van der Waals surface area (Å²) in [6.45, 7) is 2.51. The molecular weight excluding hydrogens is 812 g/mol. The Kier molecular flexibility index (Phi) is 17.8. The molecule has 59 heavy (non-hydrogen) atoms. The van der Waals surface area contributed by atoms with Gasteiger partial charge in [-0.05, 0) is 42.3 Å². The Labute approximate surface area is 356 Å². The predicted molar refractivity (Wildman–Crippen MR) is 229 cm³/mol. The van der Waals surface area contributed by atoms with Crippen molar-refractivity contribution in [1.82, 2.24) is 25.3 Å². The molecule has 16 heteroatoms. The zero-order valence-corrected chi connectivity index (χ0v) is 33.9. The van der Waals surface area contributed by atoms with Crippen molar-refractivity contribution in [3.63, 3.8) is 0 Å². The van der Waals surface area contributed by atoms with Crippen LogP contribution in [-0.4, -0.2) is 75.3 Å². The number of carbonyl (C=O) groups excluding carboxylic acids is 4. The number of ether oxygens (including phenoxy) is 3. The second kappa shape index (κ2) is 22.9. The number of pyridine rings is 2. The van der Waals surface area contributed by atoms with E-state index in [0.29, 0.717) is 39.5 Å². The van der Waals surface area contributed by atoms with Crippen LogP contribution in [0, 0.1) is 0 Å². The average Bonchev–Trinajstić information content (AvgIpc) is 3.84. The summed E-state index contributed by atoms with van der Waals surface area (Å²) < 4.78 is 15.9. The number of hydrogen-bond acceptors (Lipinski definition) is 14. The van der Waals surface area contributed by atoms with Crippen molar-refractivity contribution in [2.45, 2.75) is 52.1 Å². The molecule has 13 nitrogen and oxygen atoms in total. The fraction of sp³-hybridized carbons (Fsp3) is 0.256. The Morgan fingerprint density at radius 3 is 1.80 bits per heavy atom. The average molecular weight is 857 g/mol. The van der Waals surface area contributed by atoms with Crippen LogP contribution in [0.3, 0.4) is 0 Å². The van der Waals surface area contributed by atoms with E-state index in [4.69, 9.17) is 19.9 Å². The SMILES string of the molecule is C.CCOC(=O)c1ncc(Cc2ccccc2)s1.Cl.N[C@H]1COc2cccnc2CC1=O.O=C(N[C@H]1COc2cccnc2CC1=O)c1ncc(Cc2ccccc2)s1. The van der Waals surface area contributed by atoms with E-state index in [1.165, 1.54) is 28.2 Å². The number of halogens is 1. The molecule has 0 aliphatic carbocycles. The van der Waals surface area contributed by atoms with Crippen LogP contribution in [0.25, 0.3) is 0 Å². The fourth-order valence-electron chi connectivity index (χ4n) is 5.60. The Balaban J connectivity index is 0.000000207. The lowest BCUT2D eigenvalue weighted by molar-refractivity contribution is -0.121. The van der Waals surface area contributed by atoms with Crippen LogP contribution in [0.1, 0.15) is 66.2 Å². The van der Waals surface area contributed by atoms with Gasteiger partial charge in [-0.25, -0.2) is 14.8 Å². The van der Waals surface area contributed by atoms with Gasteiger partial charge in [-0.3, -0.25) is 24.4 Å². The summed E-state index contributed by atoms with van der Waals surface area (Å²) >= 11 is 2.72. The van der Waals surface area contributed by atoms with Gasteiger partial charge in [-0.1, -0.05) is 68.1 Å². The molecule has 308 valence electrons. The first kappa shape index (κ1) is 45.8. The quantitative estimate of drug-likeness (QED) is 0.163. The maximum atomic E-state index is 12.5. The zero-order valence-electron chi connectivity index (χ0n) is 31.4. The number of nitrogens with two attached hydrogens (primary N) is 1. The number of ketones is 2. The minimum atomic E-state index is -0.715. The minimum Gasteiger partial charge on any atom is -0.490 e. The van der Waals surface area contributed by atoms with Crippen LogP contribution in [0.5, 0.6) is 11.5 Å². The second-order valence-corrected chi connectivity index (χ2v) is 15.0. The monoisotopic (exact) mass is 856 g/mol. The number of esters is 1. The molecule has 6 heterocycles. The van der Waals surface area contributed by atoms with E-state index in [1.807, 2.05) is 48.5 Å². The molecule has 3 N–H and O–H groups in total. The second-order valence-electron chi connectivity index (χ2n) is 12.7. The van der Waals surface area contributed by atoms with Crippen molar-refractivity contribution in [1.29, 1.82) is 0 Å². The topological polar surface area (TPSA) is 186 Å². The lowest BCUT2D eigenvalue weighted by Crippen LogP contribution is -2.44. The van der Waals surface area contributed by atoms with Gasteiger partial charge in [0.15, 0.2) is 16.6 Å². The van der Waals surface area contributed by atoms with E-state index in [1.54, 1.807) is 56.0 Å². The first-order valence-electron chi connectivity index (χ1n) is 18.1. The van der Waals surface area contributed by atoms with Crippen molar-refractivity contribution in [2.24, 2.45) is 5.73 Å². The van der Waals surface area contributed by atoms with Gasteiger partial charge in [-0.15, -0.1) is 35.1 Å². The number of rotatable bonds is 8. The molecule has 2 atom stereocenters. The molecule has 2 aliphatic heterocycles. The van der Waals surface area contributed by atoms with E-state index in [2.05, 4.69) is 37.4 Å². The molecule has 0 radical (unpaired) electrons. The summed E-state index contributed by atoms with van der Waals surface area (Å²) in [5.74, 6) is 0.419. The number of benzene rings is 2. The summed E-state index contributed by atoms with van der Waals surface area (Å²) in [5.41, 5.74) is 9.20. The van der Waals surface area contributed by atoms with Gasteiger partial charge in [0.2, 0.25) is 5.01 Å². The molecule has 0 bridgehead atoms. The molecule has 8 rings (SSSR count). The van der Waals surface area contributed by atoms with E-state index in [9.17, 15) is 19.2 Å². The molecule has 0 saturated heterocycles. The summed E-state index contributed by atoms with van der Waals surface area (Å²) in [6, 6.07) is 26.0. The number of nitrogens with zero attached hydrogens (tertiary/aromatic N) is 4. The van der Waals surface area contributed by atoms with Crippen LogP contribution >= 0.6 is 35.1 Å². The number of thiazole rings is 2. The third kappa shape index (κ3) is 13.3.